The second-order valence-corrected chi connectivity index (χ2v) is 17.0. The van der Waals surface area contributed by atoms with Gasteiger partial charge in [0.2, 0.25) is 0 Å². The molecule has 0 radical (unpaired) electrons. The quantitative estimate of drug-likeness (QED) is 0.364. The summed E-state index contributed by atoms with van der Waals surface area (Å²) in [4.78, 5) is 33.0. The molecule has 1 aromatic heterocycles. The normalized spacial score (nSPS) is 25.5. The number of hydrogen-bond donors (Lipinski definition) is 1. The topological polar surface area (TPSA) is 104 Å². The van der Waals surface area contributed by atoms with Crippen LogP contribution in [-0.2, 0) is 15.0 Å². The zero-order valence-corrected chi connectivity index (χ0v) is 30.0. The number of ether oxygens (including phenoxy) is 1. The molecule has 5 aliphatic rings. The maximum absolute atomic E-state index is 15.0. The van der Waals surface area contributed by atoms with Crippen LogP contribution in [0.15, 0.2) is 47.5 Å². The van der Waals surface area contributed by atoms with Crippen LogP contribution in [0.25, 0.3) is 22.2 Å². The monoisotopic (exact) mass is 685 g/mol. The number of nitrogens with zero attached hydrogens (tertiary/aromatic N) is 4. The minimum absolute atomic E-state index is 0.0463. The van der Waals surface area contributed by atoms with Gasteiger partial charge in [0.1, 0.15) is 5.75 Å². The van der Waals surface area contributed by atoms with Gasteiger partial charge in [0.15, 0.2) is 0 Å². The van der Waals surface area contributed by atoms with Crippen molar-refractivity contribution in [3.63, 3.8) is 0 Å². The summed E-state index contributed by atoms with van der Waals surface area (Å²) in [6.07, 6.45) is 8.51. The number of amides is 2. The van der Waals surface area contributed by atoms with Gasteiger partial charge in [-0.25, -0.2) is 4.72 Å². The Balaban J connectivity index is 1.37. The SMILES string of the molecule is COc1ccc2c(c1)C1CC(C(C(=O)N3C4CCC3CN(C)C4)=C1C)n1c-2c(C2CCCCC2)c2ccc(C(=O)NS(=O)(=O)N(C)C)cc21. The minimum Gasteiger partial charge on any atom is -0.497 e. The number of carbonyl (C=O) groups excluding carboxylic acids is 2. The minimum atomic E-state index is -3.98. The van der Waals surface area contributed by atoms with Crippen LogP contribution in [-0.4, -0.2) is 92.3 Å². The van der Waals surface area contributed by atoms with E-state index in [2.05, 4.69) is 45.2 Å². The number of carbonyl (C=O) groups is 2. The molecule has 260 valence electrons. The van der Waals surface area contributed by atoms with E-state index in [1.807, 2.05) is 18.2 Å². The molecule has 1 saturated carbocycles. The van der Waals surface area contributed by atoms with Gasteiger partial charge in [-0.3, -0.25) is 9.59 Å². The van der Waals surface area contributed by atoms with Gasteiger partial charge in [0.05, 0.1) is 24.4 Å². The fourth-order valence-electron chi connectivity index (χ4n) is 9.78. The number of benzene rings is 2. The molecular formula is C38H47N5O5S. The first kappa shape index (κ1) is 32.5. The van der Waals surface area contributed by atoms with E-state index in [1.54, 1.807) is 13.2 Å². The highest BCUT2D eigenvalue weighted by molar-refractivity contribution is 7.87. The third kappa shape index (κ3) is 5.14. The first-order chi connectivity index (χ1) is 23.5. The van der Waals surface area contributed by atoms with E-state index in [1.165, 1.54) is 31.6 Å². The second kappa shape index (κ2) is 12.0. The summed E-state index contributed by atoms with van der Waals surface area (Å²) in [5.74, 6) is 0.654. The molecule has 3 aliphatic heterocycles. The van der Waals surface area contributed by atoms with Gasteiger partial charge < -0.3 is 19.1 Å². The molecule has 1 N–H and O–H groups in total. The van der Waals surface area contributed by atoms with Crippen molar-refractivity contribution < 1.29 is 22.7 Å². The molecule has 2 saturated heterocycles. The average Bonchev–Trinajstić information content (AvgIpc) is 3.66. The lowest BCUT2D eigenvalue weighted by molar-refractivity contribution is -0.132. The smallest absolute Gasteiger partial charge is 0.303 e. The van der Waals surface area contributed by atoms with Gasteiger partial charge in [0, 0.05) is 67.3 Å². The summed E-state index contributed by atoms with van der Waals surface area (Å²) >= 11 is 0. The summed E-state index contributed by atoms with van der Waals surface area (Å²) in [5.41, 5.74) is 7.87. The third-order valence-corrected chi connectivity index (χ3v) is 13.5. The molecule has 0 spiro atoms. The Morgan fingerprint density at radius 1 is 0.959 bits per heavy atom. The van der Waals surface area contributed by atoms with E-state index in [9.17, 15) is 18.0 Å². The molecule has 4 unspecified atom stereocenters. The van der Waals surface area contributed by atoms with E-state index in [4.69, 9.17) is 4.74 Å². The van der Waals surface area contributed by atoms with Gasteiger partial charge in [-0.15, -0.1) is 0 Å². The van der Waals surface area contributed by atoms with Crippen molar-refractivity contribution in [1.29, 1.82) is 0 Å². The number of fused-ring (bicyclic) bond motifs is 11. The average molecular weight is 686 g/mol. The number of piperazine rings is 1. The lowest BCUT2D eigenvalue weighted by Crippen LogP contribution is -2.55. The number of likely N-dealkylation sites (N-methyl/N-ethyl adjacent to an activating group) is 1. The maximum Gasteiger partial charge on any atom is 0.303 e. The fourth-order valence-corrected chi connectivity index (χ4v) is 10.3. The van der Waals surface area contributed by atoms with Crippen molar-refractivity contribution >= 4 is 32.9 Å². The fraction of sp³-hybridized carbons (Fsp3) is 0.526. The van der Waals surface area contributed by atoms with Crippen molar-refractivity contribution in [3.05, 3.63) is 64.2 Å². The van der Waals surface area contributed by atoms with Gasteiger partial charge in [-0.2, -0.15) is 12.7 Å². The van der Waals surface area contributed by atoms with Gasteiger partial charge in [-0.05, 0) is 93.5 Å². The van der Waals surface area contributed by atoms with E-state index >= 15 is 0 Å². The largest absolute Gasteiger partial charge is 0.497 e. The molecule has 4 bridgehead atoms. The summed E-state index contributed by atoms with van der Waals surface area (Å²) in [6, 6.07) is 12.2. The number of rotatable bonds is 6. The number of methoxy groups -OCH3 is 1. The van der Waals surface area contributed by atoms with E-state index in [0.29, 0.717) is 5.92 Å². The van der Waals surface area contributed by atoms with E-state index in [-0.39, 0.29) is 35.5 Å². The summed E-state index contributed by atoms with van der Waals surface area (Å²) in [6.45, 7) is 3.92. The van der Waals surface area contributed by atoms with Gasteiger partial charge in [-0.1, -0.05) is 30.9 Å². The summed E-state index contributed by atoms with van der Waals surface area (Å²) in [7, 11) is 2.65. The molecule has 4 heterocycles. The Labute approximate surface area is 289 Å². The molecular weight excluding hydrogens is 639 g/mol. The molecule has 2 aliphatic carbocycles. The zero-order chi connectivity index (χ0) is 34.4. The Kier molecular flexibility index (Phi) is 7.96. The molecule has 3 aromatic rings. The Hall–Kier alpha value is -3.67. The second-order valence-electron chi connectivity index (χ2n) is 15.1. The van der Waals surface area contributed by atoms with Gasteiger partial charge in [0.25, 0.3) is 11.8 Å². The molecule has 8 rings (SSSR count). The first-order valence-corrected chi connectivity index (χ1v) is 19.2. The predicted molar refractivity (Wildman–Crippen MR) is 190 cm³/mol. The van der Waals surface area contributed by atoms with Crippen LogP contribution in [0, 0.1) is 0 Å². The summed E-state index contributed by atoms with van der Waals surface area (Å²) < 4.78 is 36.7. The molecule has 4 atom stereocenters. The van der Waals surface area contributed by atoms with Crippen LogP contribution in [0.1, 0.15) is 97.7 Å². The van der Waals surface area contributed by atoms with Crippen LogP contribution in [0.5, 0.6) is 5.75 Å². The van der Waals surface area contributed by atoms with Crippen molar-refractivity contribution in [2.45, 2.75) is 88.3 Å². The number of likely N-dealkylation sites (tertiary alicyclic amines) is 1. The first-order valence-electron chi connectivity index (χ1n) is 17.8. The number of hydrogen-bond acceptors (Lipinski definition) is 6. The molecule has 10 nitrogen and oxygen atoms in total. The Morgan fingerprint density at radius 3 is 2.35 bits per heavy atom. The molecule has 3 fully saturated rings. The third-order valence-electron chi connectivity index (χ3n) is 12.1. The van der Waals surface area contributed by atoms with E-state index < -0.39 is 16.1 Å². The zero-order valence-electron chi connectivity index (χ0n) is 29.2. The van der Waals surface area contributed by atoms with Crippen LogP contribution < -0.4 is 9.46 Å². The number of nitrogens with one attached hydrogen (secondary N) is 1. The summed E-state index contributed by atoms with van der Waals surface area (Å²) in [5, 5.41) is 1.07. The lowest BCUT2D eigenvalue weighted by Gasteiger charge is -2.40. The van der Waals surface area contributed by atoms with Crippen LogP contribution >= 0.6 is 0 Å². The number of aromatic nitrogens is 1. The van der Waals surface area contributed by atoms with Gasteiger partial charge >= 0.3 is 10.2 Å². The van der Waals surface area contributed by atoms with Crippen LogP contribution in [0.2, 0.25) is 0 Å². The maximum atomic E-state index is 15.0. The number of allylic oxidation sites excluding steroid dienone is 1. The standard InChI is InChI=1S/C38H47N5O5S/c1-22-30-19-33(34(22)38(45)42-25-12-13-26(42)21-41(4)20-25)43-32-17-24(37(44)39-49(46,47)40(2)3)11-15-29(32)35(23-9-7-6-8-10-23)36(43)28-16-14-27(48-5)18-31(28)30/h11,14-18,23,25-26,30,33H,6-10,12-13,19-21H2,1-5H3,(H,39,44). The van der Waals surface area contributed by atoms with E-state index in [0.717, 1.165) is 101 Å². The molecule has 11 heteroatoms. The highest BCUT2D eigenvalue weighted by atomic mass is 32.2. The lowest BCUT2D eigenvalue weighted by atomic mass is 9.80. The predicted octanol–water partition coefficient (Wildman–Crippen LogP) is 5.56. The van der Waals surface area contributed by atoms with Crippen molar-refractivity contribution in [3.8, 4) is 17.0 Å². The van der Waals surface area contributed by atoms with Crippen LogP contribution in [0.3, 0.4) is 0 Å². The highest BCUT2D eigenvalue weighted by Crippen LogP contribution is 2.57. The Morgan fingerprint density at radius 2 is 1.67 bits per heavy atom. The molecule has 49 heavy (non-hydrogen) atoms. The van der Waals surface area contributed by atoms with Crippen molar-refractivity contribution in [1.82, 2.24) is 23.4 Å². The Bertz CT molecular complexity index is 2000. The molecule has 2 aromatic carbocycles. The molecule has 2 amide bonds. The van der Waals surface area contributed by atoms with Crippen LogP contribution in [0.4, 0.5) is 0 Å². The van der Waals surface area contributed by atoms with Crippen molar-refractivity contribution in [2.75, 3.05) is 41.3 Å². The highest BCUT2D eigenvalue weighted by Gasteiger charge is 2.49. The van der Waals surface area contributed by atoms with Crippen molar-refractivity contribution in [2.24, 2.45) is 0 Å².